The zero-order chi connectivity index (χ0) is 15.4. The Hall–Kier alpha value is -2.76. The molecule has 1 heterocycles. The van der Waals surface area contributed by atoms with Crippen molar-refractivity contribution in [3.63, 3.8) is 0 Å². The molecule has 0 fully saturated rings. The number of carbonyl (C=O) groups is 1. The summed E-state index contributed by atoms with van der Waals surface area (Å²) in [5, 5.41) is 9.17. The fraction of sp³-hybridized carbons (Fsp3) is 0.200. The minimum atomic E-state index is -1.15. The van der Waals surface area contributed by atoms with Crippen LogP contribution in [0.4, 0.5) is 0 Å². The number of carboxylic acids is 1. The van der Waals surface area contributed by atoms with Crippen LogP contribution in [0.2, 0.25) is 0 Å². The first-order valence-corrected chi connectivity index (χ1v) is 6.21. The lowest BCUT2D eigenvalue weighted by Gasteiger charge is -2.13. The molecule has 0 atom stereocenters. The number of methoxy groups -OCH3 is 2. The van der Waals surface area contributed by atoms with Crippen LogP contribution in [0.15, 0.2) is 41.2 Å². The third-order valence-electron chi connectivity index (χ3n) is 3.09. The molecule has 1 N–H and O–H groups in total. The van der Waals surface area contributed by atoms with Gasteiger partial charge in [-0.3, -0.25) is 9.36 Å². The predicted molar refractivity (Wildman–Crippen MR) is 76.3 cm³/mol. The number of ether oxygens (including phenoxy) is 2. The Morgan fingerprint density at radius 2 is 1.95 bits per heavy atom. The molecule has 21 heavy (non-hydrogen) atoms. The van der Waals surface area contributed by atoms with Gasteiger partial charge in [0.05, 0.1) is 20.8 Å². The van der Waals surface area contributed by atoms with Gasteiger partial charge in [-0.1, -0.05) is 6.07 Å². The summed E-state index contributed by atoms with van der Waals surface area (Å²) in [6.45, 7) is 0.106. The van der Waals surface area contributed by atoms with Crippen LogP contribution in [0.3, 0.4) is 0 Å². The molecule has 0 unspecified atom stereocenters. The molecule has 2 rings (SSSR count). The highest BCUT2D eigenvalue weighted by Crippen LogP contribution is 2.25. The highest BCUT2D eigenvalue weighted by Gasteiger charge is 2.13. The Labute approximate surface area is 121 Å². The second-order valence-electron chi connectivity index (χ2n) is 4.32. The molecule has 6 heteroatoms. The van der Waals surface area contributed by atoms with Crippen molar-refractivity contribution < 1.29 is 19.4 Å². The monoisotopic (exact) mass is 289 g/mol. The van der Waals surface area contributed by atoms with E-state index in [1.807, 2.05) is 0 Å². The summed E-state index contributed by atoms with van der Waals surface area (Å²) in [5.41, 5.74) is 0.238. The summed E-state index contributed by atoms with van der Waals surface area (Å²) >= 11 is 0. The van der Waals surface area contributed by atoms with Gasteiger partial charge in [0.15, 0.2) is 0 Å². The average Bonchev–Trinajstić information content (AvgIpc) is 2.49. The number of rotatable bonds is 5. The fourth-order valence-electron chi connectivity index (χ4n) is 2.02. The number of nitrogens with zero attached hydrogens (tertiary/aromatic N) is 1. The second kappa shape index (κ2) is 6.13. The van der Waals surface area contributed by atoms with Gasteiger partial charge in [-0.25, -0.2) is 4.79 Å². The SMILES string of the molecule is COc1ccc(Cn2c(C(=O)O)cccc2=O)c(OC)c1. The van der Waals surface area contributed by atoms with Crippen LogP contribution < -0.4 is 15.0 Å². The molecule has 0 radical (unpaired) electrons. The fourth-order valence-corrected chi connectivity index (χ4v) is 2.02. The molecule has 0 saturated heterocycles. The van der Waals surface area contributed by atoms with Gasteiger partial charge in [0.2, 0.25) is 0 Å². The number of carboxylic acid groups (broad SMARTS) is 1. The maximum Gasteiger partial charge on any atom is 0.352 e. The summed E-state index contributed by atoms with van der Waals surface area (Å²) in [6, 6.07) is 9.29. The van der Waals surface area contributed by atoms with Crippen molar-refractivity contribution in [2.75, 3.05) is 14.2 Å². The van der Waals surface area contributed by atoms with Crippen molar-refractivity contribution in [3.05, 3.63) is 58.0 Å². The predicted octanol–water partition coefficient (Wildman–Crippen LogP) is 1.61. The van der Waals surface area contributed by atoms with Crippen molar-refractivity contribution >= 4 is 5.97 Å². The number of hydrogen-bond donors (Lipinski definition) is 1. The van der Waals surface area contributed by atoms with Gasteiger partial charge in [0.25, 0.3) is 5.56 Å². The van der Waals surface area contributed by atoms with Crippen LogP contribution in [-0.4, -0.2) is 29.9 Å². The van der Waals surface area contributed by atoms with Gasteiger partial charge in [-0.15, -0.1) is 0 Å². The van der Waals surface area contributed by atoms with E-state index < -0.39 is 5.97 Å². The van der Waals surface area contributed by atoms with Gasteiger partial charge in [0.1, 0.15) is 17.2 Å². The maximum atomic E-state index is 11.9. The van der Waals surface area contributed by atoms with E-state index in [0.717, 1.165) is 0 Å². The minimum Gasteiger partial charge on any atom is -0.497 e. The maximum absolute atomic E-state index is 11.9. The first-order valence-electron chi connectivity index (χ1n) is 6.21. The van der Waals surface area contributed by atoms with Crippen molar-refractivity contribution in [1.82, 2.24) is 4.57 Å². The molecule has 2 aromatic rings. The first kappa shape index (κ1) is 14.6. The molecule has 1 aromatic heterocycles. The molecular weight excluding hydrogens is 274 g/mol. The van der Waals surface area contributed by atoms with E-state index in [2.05, 4.69) is 0 Å². The third-order valence-corrected chi connectivity index (χ3v) is 3.09. The topological polar surface area (TPSA) is 77.8 Å². The van der Waals surface area contributed by atoms with Crippen molar-refractivity contribution in [1.29, 1.82) is 0 Å². The molecule has 0 bridgehead atoms. The Bertz CT molecular complexity index is 720. The number of aromatic nitrogens is 1. The van der Waals surface area contributed by atoms with E-state index in [0.29, 0.717) is 17.1 Å². The third kappa shape index (κ3) is 3.05. The first-order chi connectivity index (χ1) is 10.1. The molecule has 0 aliphatic carbocycles. The van der Waals surface area contributed by atoms with Crippen LogP contribution in [0.25, 0.3) is 0 Å². The van der Waals surface area contributed by atoms with Gasteiger partial charge in [0, 0.05) is 17.7 Å². The Morgan fingerprint density at radius 1 is 1.19 bits per heavy atom. The standard InChI is InChI=1S/C15H15NO5/c1-20-11-7-6-10(13(8-11)21-2)9-16-12(15(18)19)4-3-5-14(16)17/h3-8H,9H2,1-2H3,(H,18,19). The largest absolute Gasteiger partial charge is 0.497 e. The van der Waals surface area contributed by atoms with E-state index in [1.165, 1.54) is 29.9 Å². The highest BCUT2D eigenvalue weighted by molar-refractivity contribution is 5.85. The highest BCUT2D eigenvalue weighted by atomic mass is 16.5. The lowest BCUT2D eigenvalue weighted by atomic mass is 10.1. The van der Waals surface area contributed by atoms with Crippen molar-refractivity contribution in [2.45, 2.75) is 6.54 Å². The van der Waals surface area contributed by atoms with Crippen LogP contribution in [0.5, 0.6) is 11.5 Å². The number of hydrogen-bond acceptors (Lipinski definition) is 4. The van der Waals surface area contributed by atoms with Crippen molar-refractivity contribution in [3.8, 4) is 11.5 Å². The van der Waals surface area contributed by atoms with Crippen LogP contribution in [-0.2, 0) is 6.54 Å². The van der Waals surface area contributed by atoms with Gasteiger partial charge in [-0.2, -0.15) is 0 Å². The van der Waals surface area contributed by atoms with Gasteiger partial charge in [-0.05, 0) is 18.2 Å². The molecule has 0 aliphatic heterocycles. The molecule has 6 nitrogen and oxygen atoms in total. The number of aromatic carboxylic acids is 1. The normalized spacial score (nSPS) is 10.2. The number of pyridine rings is 1. The Morgan fingerprint density at radius 3 is 2.57 bits per heavy atom. The van der Waals surface area contributed by atoms with E-state index in [-0.39, 0.29) is 17.8 Å². The van der Waals surface area contributed by atoms with Gasteiger partial charge >= 0.3 is 5.97 Å². The van der Waals surface area contributed by atoms with Crippen LogP contribution >= 0.6 is 0 Å². The summed E-state index contributed by atoms with van der Waals surface area (Å²) in [5.74, 6) is -0.00362. The molecule has 0 spiro atoms. The lowest BCUT2D eigenvalue weighted by Crippen LogP contribution is -2.25. The van der Waals surface area contributed by atoms with E-state index in [1.54, 1.807) is 25.3 Å². The Kier molecular flexibility index (Phi) is 4.27. The van der Waals surface area contributed by atoms with E-state index in [9.17, 15) is 9.59 Å². The van der Waals surface area contributed by atoms with Gasteiger partial charge < -0.3 is 14.6 Å². The molecule has 0 amide bonds. The molecule has 0 saturated carbocycles. The van der Waals surface area contributed by atoms with Crippen LogP contribution in [0.1, 0.15) is 16.1 Å². The minimum absolute atomic E-state index is 0.0691. The van der Waals surface area contributed by atoms with Crippen LogP contribution in [0, 0.1) is 0 Å². The summed E-state index contributed by atoms with van der Waals surface area (Å²) in [7, 11) is 3.04. The Balaban J connectivity index is 2.48. The molecule has 110 valence electrons. The average molecular weight is 289 g/mol. The second-order valence-corrected chi connectivity index (χ2v) is 4.32. The molecular formula is C15H15NO5. The summed E-state index contributed by atoms with van der Waals surface area (Å²) in [6.07, 6.45) is 0. The lowest BCUT2D eigenvalue weighted by molar-refractivity contribution is 0.0684. The van der Waals surface area contributed by atoms with E-state index in [4.69, 9.17) is 14.6 Å². The zero-order valence-electron chi connectivity index (χ0n) is 11.7. The van der Waals surface area contributed by atoms with Crippen molar-refractivity contribution in [2.24, 2.45) is 0 Å². The summed E-state index contributed by atoms with van der Waals surface area (Å²) < 4.78 is 11.5. The molecule has 1 aromatic carbocycles. The zero-order valence-corrected chi connectivity index (χ0v) is 11.7. The summed E-state index contributed by atoms with van der Waals surface area (Å²) in [4.78, 5) is 23.1. The number of benzene rings is 1. The van der Waals surface area contributed by atoms with E-state index >= 15 is 0 Å². The quantitative estimate of drug-likeness (QED) is 0.904. The smallest absolute Gasteiger partial charge is 0.352 e. The molecule has 0 aliphatic rings.